The van der Waals surface area contributed by atoms with Crippen molar-refractivity contribution in [3.8, 4) is 0 Å². The number of fused-ring (bicyclic) bond motifs is 1. The molecule has 0 radical (unpaired) electrons. The van der Waals surface area contributed by atoms with Gasteiger partial charge in [0.25, 0.3) is 0 Å². The van der Waals surface area contributed by atoms with Crippen molar-refractivity contribution in [2.45, 2.75) is 0 Å². The van der Waals surface area contributed by atoms with Crippen LogP contribution in [0.5, 0.6) is 0 Å². The number of carbonyl (C=O) groups is 1. The van der Waals surface area contributed by atoms with Gasteiger partial charge in [-0.15, -0.1) is 4.73 Å². The average Bonchev–Trinajstić information content (AvgIpc) is 2.55. The maximum atomic E-state index is 11.0. The fourth-order valence-corrected chi connectivity index (χ4v) is 1.25. The Morgan fingerprint density at radius 1 is 1.53 bits per heavy atom. The van der Waals surface area contributed by atoms with Crippen LogP contribution < -0.4 is 15.9 Å². The number of hydrogen-bond donors (Lipinski definition) is 2. The molecule has 6 heteroatoms. The Kier molecular flexibility index (Phi) is 2.17. The number of imidazole rings is 1. The minimum atomic E-state index is -0.593. The van der Waals surface area contributed by atoms with E-state index < -0.39 is 6.09 Å². The van der Waals surface area contributed by atoms with E-state index in [1.807, 2.05) is 12.1 Å². The van der Waals surface area contributed by atoms with Crippen LogP contribution in [0.3, 0.4) is 0 Å². The Morgan fingerprint density at radius 2 is 2.27 bits per heavy atom. The molecule has 0 atom stereocenters. The van der Waals surface area contributed by atoms with Crippen molar-refractivity contribution in [2.75, 3.05) is 12.8 Å². The number of rotatable bonds is 1. The van der Waals surface area contributed by atoms with Gasteiger partial charge in [0, 0.05) is 7.05 Å². The van der Waals surface area contributed by atoms with Crippen LogP contribution in [-0.2, 0) is 0 Å². The molecular formula is C9H10N4O2. The lowest BCUT2D eigenvalue weighted by atomic mass is 10.3. The first kappa shape index (κ1) is 9.32. The number of carbonyl (C=O) groups excluding carboxylic acids is 1. The van der Waals surface area contributed by atoms with Crippen LogP contribution in [0.25, 0.3) is 11.0 Å². The number of amides is 1. The number of nitrogens with zero attached hydrogens (tertiary/aromatic N) is 2. The van der Waals surface area contributed by atoms with Crippen LogP contribution in [0.1, 0.15) is 0 Å². The summed E-state index contributed by atoms with van der Waals surface area (Å²) >= 11 is 0. The van der Waals surface area contributed by atoms with E-state index in [0.29, 0.717) is 11.0 Å². The Balaban J connectivity index is 2.49. The molecule has 0 fully saturated rings. The van der Waals surface area contributed by atoms with E-state index in [2.05, 4.69) is 10.3 Å². The maximum absolute atomic E-state index is 11.0. The lowest BCUT2D eigenvalue weighted by Crippen LogP contribution is -2.29. The van der Waals surface area contributed by atoms with Crippen molar-refractivity contribution in [3.05, 3.63) is 24.3 Å². The smallest absolute Gasteiger partial charge is 0.367 e. The van der Waals surface area contributed by atoms with Crippen molar-refractivity contribution < 1.29 is 9.63 Å². The highest BCUT2D eigenvalue weighted by Gasteiger charge is 2.10. The summed E-state index contributed by atoms with van der Waals surface area (Å²) in [5.74, 6) is 0.139. The van der Waals surface area contributed by atoms with Crippen molar-refractivity contribution in [2.24, 2.45) is 0 Å². The van der Waals surface area contributed by atoms with Gasteiger partial charge in [-0.25, -0.2) is 9.78 Å². The molecule has 1 aromatic carbocycles. The lowest BCUT2D eigenvalue weighted by molar-refractivity contribution is 0.142. The van der Waals surface area contributed by atoms with E-state index in [-0.39, 0.29) is 5.95 Å². The molecule has 6 nitrogen and oxygen atoms in total. The van der Waals surface area contributed by atoms with Crippen LogP contribution in [0.2, 0.25) is 0 Å². The Morgan fingerprint density at radius 3 is 3.00 bits per heavy atom. The summed E-state index contributed by atoms with van der Waals surface area (Å²) in [6, 6.07) is 7.20. The van der Waals surface area contributed by atoms with Gasteiger partial charge in [0.15, 0.2) is 0 Å². The number of nitrogens with one attached hydrogen (secondary N) is 1. The van der Waals surface area contributed by atoms with Crippen LogP contribution in [0.4, 0.5) is 10.7 Å². The zero-order valence-corrected chi connectivity index (χ0v) is 8.10. The third-order valence-corrected chi connectivity index (χ3v) is 1.92. The number of hydrogen-bond acceptors (Lipinski definition) is 4. The van der Waals surface area contributed by atoms with Gasteiger partial charge < -0.3 is 15.9 Å². The topological polar surface area (TPSA) is 82.2 Å². The third kappa shape index (κ3) is 1.56. The fraction of sp³-hybridized carbons (Fsp3) is 0.111. The molecule has 2 rings (SSSR count). The summed E-state index contributed by atoms with van der Waals surface area (Å²) < 4.78 is 1.19. The monoisotopic (exact) mass is 206 g/mol. The highest BCUT2D eigenvalue weighted by molar-refractivity contribution is 5.79. The minimum absolute atomic E-state index is 0.139. The molecule has 0 aliphatic heterocycles. The molecule has 1 amide bonds. The lowest BCUT2D eigenvalue weighted by Gasteiger charge is -2.04. The molecule has 0 saturated carbocycles. The summed E-state index contributed by atoms with van der Waals surface area (Å²) in [7, 11) is 1.47. The van der Waals surface area contributed by atoms with Gasteiger partial charge in [-0.1, -0.05) is 12.1 Å². The molecule has 0 aliphatic carbocycles. The fourth-order valence-electron chi connectivity index (χ4n) is 1.25. The number of benzene rings is 1. The first-order chi connectivity index (χ1) is 7.22. The third-order valence-electron chi connectivity index (χ3n) is 1.92. The number of anilines is 1. The zero-order valence-electron chi connectivity index (χ0n) is 8.10. The van der Waals surface area contributed by atoms with Crippen LogP contribution in [0, 0.1) is 0 Å². The molecular weight excluding hydrogens is 196 g/mol. The zero-order chi connectivity index (χ0) is 10.8. The first-order valence-corrected chi connectivity index (χ1v) is 4.35. The van der Waals surface area contributed by atoms with Gasteiger partial charge in [0.05, 0.1) is 5.52 Å². The second-order valence-electron chi connectivity index (χ2n) is 2.88. The molecule has 1 aromatic heterocycles. The number of aromatic nitrogens is 2. The standard InChI is InChI=1S/C9H10N4O2/c1-11-9(14)15-13-7-5-3-2-4-6(7)12-8(13)10/h2-5H,1H3,(H2,10,12)(H,11,14). The Bertz CT molecular complexity index is 506. The number of nitrogen functional groups attached to an aromatic ring is 1. The van der Waals surface area contributed by atoms with Gasteiger partial charge in [-0.2, -0.15) is 0 Å². The van der Waals surface area contributed by atoms with Gasteiger partial charge in [0.1, 0.15) is 5.52 Å². The van der Waals surface area contributed by atoms with Gasteiger partial charge in [-0.3, -0.25) is 0 Å². The summed E-state index contributed by atoms with van der Waals surface area (Å²) in [5, 5.41) is 2.33. The second kappa shape index (κ2) is 3.49. The predicted octanol–water partition coefficient (Wildman–Crippen LogP) is 0.386. The normalized spacial score (nSPS) is 10.2. The molecule has 0 unspecified atom stereocenters. The summed E-state index contributed by atoms with van der Waals surface area (Å²) in [6.07, 6.45) is -0.593. The molecule has 2 aromatic rings. The predicted molar refractivity (Wildman–Crippen MR) is 55.2 cm³/mol. The molecule has 0 aliphatic rings. The molecule has 1 heterocycles. The number of nitrogens with two attached hydrogens (primary N) is 1. The Labute approximate surface area is 85.6 Å². The minimum Gasteiger partial charge on any atom is -0.367 e. The highest BCUT2D eigenvalue weighted by Crippen LogP contribution is 2.15. The first-order valence-electron chi connectivity index (χ1n) is 4.35. The Hall–Kier alpha value is -2.24. The SMILES string of the molecule is CNC(=O)On1c(N)nc2ccccc21. The molecule has 15 heavy (non-hydrogen) atoms. The molecule has 0 saturated heterocycles. The summed E-state index contributed by atoms with van der Waals surface area (Å²) in [6.45, 7) is 0. The highest BCUT2D eigenvalue weighted by atomic mass is 16.7. The van der Waals surface area contributed by atoms with E-state index in [9.17, 15) is 4.79 Å². The van der Waals surface area contributed by atoms with E-state index in [1.54, 1.807) is 12.1 Å². The van der Waals surface area contributed by atoms with Crippen LogP contribution in [-0.4, -0.2) is 22.9 Å². The summed E-state index contributed by atoms with van der Waals surface area (Å²) in [4.78, 5) is 20.0. The van der Waals surface area contributed by atoms with Gasteiger partial charge >= 0.3 is 6.09 Å². The molecule has 0 spiro atoms. The van der Waals surface area contributed by atoms with Crippen LogP contribution in [0.15, 0.2) is 24.3 Å². The van der Waals surface area contributed by atoms with E-state index in [1.165, 1.54) is 11.8 Å². The van der Waals surface area contributed by atoms with E-state index in [0.717, 1.165) is 0 Å². The molecule has 78 valence electrons. The van der Waals surface area contributed by atoms with Crippen molar-refractivity contribution in [1.29, 1.82) is 0 Å². The molecule has 3 N–H and O–H groups in total. The quantitative estimate of drug-likeness (QED) is 0.707. The van der Waals surface area contributed by atoms with E-state index in [4.69, 9.17) is 10.6 Å². The van der Waals surface area contributed by atoms with Gasteiger partial charge in [-0.05, 0) is 12.1 Å². The second-order valence-corrected chi connectivity index (χ2v) is 2.88. The maximum Gasteiger partial charge on any atom is 0.431 e. The molecule has 0 bridgehead atoms. The van der Waals surface area contributed by atoms with E-state index >= 15 is 0 Å². The van der Waals surface area contributed by atoms with Gasteiger partial charge in [0.2, 0.25) is 5.95 Å². The largest absolute Gasteiger partial charge is 0.431 e. The van der Waals surface area contributed by atoms with Crippen molar-refractivity contribution in [1.82, 2.24) is 15.0 Å². The number of para-hydroxylation sites is 2. The average molecular weight is 206 g/mol. The van der Waals surface area contributed by atoms with Crippen molar-refractivity contribution >= 4 is 23.1 Å². The van der Waals surface area contributed by atoms with Crippen LogP contribution >= 0.6 is 0 Å². The summed E-state index contributed by atoms with van der Waals surface area (Å²) in [5.41, 5.74) is 6.93. The van der Waals surface area contributed by atoms with Crippen molar-refractivity contribution in [3.63, 3.8) is 0 Å².